The van der Waals surface area contributed by atoms with Gasteiger partial charge in [0.25, 0.3) is 5.91 Å². The number of carbonyl (C=O) groups excluding carboxylic acids is 1. The van der Waals surface area contributed by atoms with Crippen LogP contribution in [0, 0.1) is 0 Å². The van der Waals surface area contributed by atoms with Crippen LogP contribution in [0.25, 0.3) is 0 Å². The summed E-state index contributed by atoms with van der Waals surface area (Å²) in [4.78, 5) is 14.6. The van der Waals surface area contributed by atoms with Crippen molar-refractivity contribution in [2.45, 2.75) is 25.4 Å². The van der Waals surface area contributed by atoms with Gasteiger partial charge in [0.1, 0.15) is 18.1 Å². The fourth-order valence-electron chi connectivity index (χ4n) is 3.34. The van der Waals surface area contributed by atoms with E-state index in [-0.39, 0.29) is 17.2 Å². The van der Waals surface area contributed by atoms with Gasteiger partial charge in [-0.05, 0) is 55.8 Å². The molecule has 2 aromatic rings. The first-order valence-electron chi connectivity index (χ1n) is 9.79. The van der Waals surface area contributed by atoms with E-state index in [0.717, 1.165) is 48.4 Å². The summed E-state index contributed by atoms with van der Waals surface area (Å²) in [6, 6.07) is 13.1. The molecule has 2 aromatic carbocycles. The van der Waals surface area contributed by atoms with Crippen molar-refractivity contribution in [1.29, 1.82) is 0 Å². The van der Waals surface area contributed by atoms with Crippen molar-refractivity contribution in [2.24, 2.45) is 0 Å². The average Bonchev–Trinajstić information content (AvgIpc) is 2.73. The van der Waals surface area contributed by atoms with Crippen LogP contribution in [0.1, 0.15) is 28.8 Å². The van der Waals surface area contributed by atoms with Gasteiger partial charge >= 0.3 is 0 Å². The SMILES string of the molecule is CN(CCOc1cccc(CNC(=O)c2ccc(Br)cc2O)c1)C1CCOCC1. The van der Waals surface area contributed by atoms with Gasteiger partial charge in [-0.2, -0.15) is 0 Å². The summed E-state index contributed by atoms with van der Waals surface area (Å²) >= 11 is 3.27. The molecule has 7 heteroatoms. The Hall–Kier alpha value is -2.09. The third-order valence-corrected chi connectivity index (χ3v) is 5.58. The summed E-state index contributed by atoms with van der Waals surface area (Å²) in [5, 5.41) is 12.7. The van der Waals surface area contributed by atoms with Crippen molar-refractivity contribution in [3.05, 3.63) is 58.1 Å². The number of ether oxygens (including phenoxy) is 2. The van der Waals surface area contributed by atoms with Crippen molar-refractivity contribution in [2.75, 3.05) is 33.4 Å². The second-order valence-electron chi connectivity index (χ2n) is 7.16. The Morgan fingerprint density at radius 3 is 2.83 bits per heavy atom. The van der Waals surface area contributed by atoms with Crippen LogP contribution in [0.15, 0.2) is 46.9 Å². The Bertz CT molecular complexity index is 824. The number of hydrogen-bond donors (Lipinski definition) is 2. The minimum absolute atomic E-state index is 0.0531. The molecule has 0 unspecified atom stereocenters. The monoisotopic (exact) mass is 462 g/mol. The molecule has 2 N–H and O–H groups in total. The van der Waals surface area contributed by atoms with Gasteiger partial charge in [0.05, 0.1) is 5.56 Å². The molecule has 3 rings (SSSR count). The van der Waals surface area contributed by atoms with Crippen LogP contribution in [-0.4, -0.2) is 55.4 Å². The van der Waals surface area contributed by atoms with Gasteiger partial charge in [0.15, 0.2) is 0 Å². The minimum atomic E-state index is -0.320. The highest BCUT2D eigenvalue weighted by atomic mass is 79.9. The number of phenols is 1. The lowest BCUT2D eigenvalue weighted by atomic mass is 10.1. The zero-order valence-electron chi connectivity index (χ0n) is 16.6. The first-order chi connectivity index (χ1) is 14.0. The zero-order chi connectivity index (χ0) is 20.6. The maximum atomic E-state index is 12.3. The maximum absolute atomic E-state index is 12.3. The summed E-state index contributed by atoms with van der Waals surface area (Å²) < 4.78 is 12.0. The van der Waals surface area contributed by atoms with Gasteiger partial charge in [-0.3, -0.25) is 9.69 Å². The fourth-order valence-corrected chi connectivity index (χ4v) is 3.68. The summed E-state index contributed by atoms with van der Waals surface area (Å²) in [5.41, 5.74) is 1.18. The number of likely N-dealkylation sites (N-methyl/N-ethyl adjacent to an activating group) is 1. The molecule has 0 radical (unpaired) electrons. The molecule has 1 amide bonds. The van der Waals surface area contributed by atoms with Gasteiger partial charge in [0.2, 0.25) is 0 Å². The molecule has 0 aromatic heterocycles. The van der Waals surface area contributed by atoms with Crippen LogP contribution < -0.4 is 10.1 Å². The van der Waals surface area contributed by atoms with Crippen molar-refractivity contribution < 1.29 is 19.4 Å². The molecule has 1 aliphatic heterocycles. The molecule has 1 aliphatic rings. The Kier molecular flexibility index (Phi) is 7.91. The first kappa shape index (κ1) is 21.6. The summed E-state index contributed by atoms with van der Waals surface area (Å²) in [6.07, 6.45) is 2.14. The predicted octanol–water partition coefficient (Wildman–Crippen LogP) is 3.57. The van der Waals surface area contributed by atoms with E-state index in [1.165, 1.54) is 6.07 Å². The third kappa shape index (κ3) is 6.45. The van der Waals surface area contributed by atoms with Gasteiger partial charge in [-0.25, -0.2) is 0 Å². The predicted molar refractivity (Wildman–Crippen MR) is 115 cm³/mol. The summed E-state index contributed by atoms with van der Waals surface area (Å²) in [7, 11) is 2.13. The molecule has 0 bridgehead atoms. The van der Waals surface area contributed by atoms with Gasteiger partial charge in [-0.15, -0.1) is 0 Å². The first-order valence-corrected chi connectivity index (χ1v) is 10.6. The fraction of sp³-hybridized carbons (Fsp3) is 0.409. The lowest BCUT2D eigenvalue weighted by Gasteiger charge is -2.31. The highest BCUT2D eigenvalue weighted by Crippen LogP contribution is 2.22. The Morgan fingerprint density at radius 2 is 2.07 bits per heavy atom. The molecular formula is C22H27BrN2O4. The zero-order valence-corrected chi connectivity index (χ0v) is 18.2. The second kappa shape index (κ2) is 10.6. The maximum Gasteiger partial charge on any atom is 0.255 e. The summed E-state index contributed by atoms with van der Waals surface area (Å²) in [5.74, 6) is 0.408. The number of nitrogens with zero attached hydrogens (tertiary/aromatic N) is 1. The van der Waals surface area contributed by atoms with E-state index in [4.69, 9.17) is 9.47 Å². The lowest BCUT2D eigenvalue weighted by Crippen LogP contribution is -2.38. The van der Waals surface area contributed by atoms with Crippen molar-refractivity contribution in [1.82, 2.24) is 10.2 Å². The normalized spacial score (nSPS) is 14.7. The number of phenolic OH excluding ortho intramolecular Hbond substituents is 1. The number of aromatic hydroxyl groups is 1. The van der Waals surface area contributed by atoms with E-state index in [2.05, 4.69) is 33.2 Å². The van der Waals surface area contributed by atoms with E-state index in [0.29, 0.717) is 19.2 Å². The lowest BCUT2D eigenvalue weighted by molar-refractivity contribution is 0.0392. The van der Waals surface area contributed by atoms with Gasteiger partial charge in [0, 0.05) is 36.8 Å². The second-order valence-corrected chi connectivity index (χ2v) is 8.08. The molecule has 1 heterocycles. The topological polar surface area (TPSA) is 71.0 Å². The number of amides is 1. The molecule has 0 atom stereocenters. The van der Waals surface area contributed by atoms with Crippen molar-refractivity contribution in [3.63, 3.8) is 0 Å². The Balaban J connectivity index is 1.47. The van der Waals surface area contributed by atoms with E-state index in [1.807, 2.05) is 24.3 Å². The van der Waals surface area contributed by atoms with Crippen LogP contribution in [0.5, 0.6) is 11.5 Å². The largest absolute Gasteiger partial charge is 0.507 e. The average molecular weight is 463 g/mol. The number of benzene rings is 2. The quantitative estimate of drug-likeness (QED) is 0.627. The molecule has 156 valence electrons. The number of carbonyl (C=O) groups is 1. The molecule has 1 saturated heterocycles. The van der Waals surface area contributed by atoms with Crippen molar-refractivity contribution in [3.8, 4) is 11.5 Å². The smallest absolute Gasteiger partial charge is 0.255 e. The Morgan fingerprint density at radius 1 is 1.28 bits per heavy atom. The minimum Gasteiger partial charge on any atom is -0.507 e. The molecular weight excluding hydrogens is 436 g/mol. The van der Waals surface area contributed by atoms with Crippen molar-refractivity contribution >= 4 is 21.8 Å². The molecule has 1 fully saturated rings. The number of nitrogens with one attached hydrogen (secondary N) is 1. The third-order valence-electron chi connectivity index (χ3n) is 5.08. The number of halogens is 1. The van der Waals surface area contributed by atoms with Gasteiger partial charge in [-0.1, -0.05) is 28.1 Å². The Labute approximate surface area is 179 Å². The van der Waals surface area contributed by atoms with Crippen LogP contribution in [0.3, 0.4) is 0 Å². The molecule has 29 heavy (non-hydrogen) atoms. The highest BCUT2D eigenvalue weighted by Gasteiger charge is 2.18. The summed E-state index contributed by atoms with van der Waals surface area (Å²) in [6.45, 7) is 3.49. The van der Waals surface area contributed by atoms with Crippen LogP contribution in [-0.2, 0) is 11.3 Å². The van der Waals surface area contributed by atoms with Crippen LogP contribution >= 0.6 is 15.9 Å². The van der Waals surface area contributed by atoms with E-state index >= 15 is 0 Å². The van der Waals surface area contributed by atoms with E-state index in [9.17, 15) is 9.90 Å². The standard InChI is InChI=1S/C22H27BrN2O4/c1-25(18-7-10-28-11-8-18)9-12-29-19-4-2-3-16(13-19)15-24-22(27)20-6-5-17(23)14-21(20)26/h2-6,13-14,18,26H,7-12,15H2,1H3,(H,24,27). The highest BCUT2D eigenvalue weighted by molar-refractivity contribution is 9.10. The molecule has 0 spiro atoms. The molecule has 0 aliphatic carbocycles. The van der Waals surface area contributed by atoms with Gasteiger partial charge < -0.3 is 19.9 Å². The van der Waals surface area contributed by atoms with E-state index in [1.54, 1.807) is 12.1 Å². The van der Waals surface area contributed by atoms with E-state index < -0.39 is 0 Å². The van der Waals surface area contributed by atoms with Crippen LogP contribution in [0.2, 0.25) is 0 Å². The number of hydrogen-bond acceptors (Lipinski definition) is 5. The van der Waals surface area contributed by atoms with Crippen LogP contribution in [0.4, 0.5) is 0 Å². The molecule has 0 saturated carbocycles. The number of rotatable bonds is 8. The molecule has 6 nitrogen and oxygen atoms in total.